The highest BCUT2D eigenvalue weighted by molar-refractivity contribution is 6.17. The van der Waals surface area contributed by atoms with E-state index in [1.807, 2.05) is 6.07 Å². The standard InChI is InChI=1S/C10H10ClNO2/c11-6-7-1-2-9-8(5-7)10(13)12-3-4-14-9/h1-2,5H,3-4,6H2,(H,12,13). The number of hydrogen-bond acceptors (Lipinski definition) is 2. The predicted octanol–water partition coefficient (Wildman–Crippen LogP) is 1.55. The molecule has 0 radical (unpaired) electrons. The van der Waals surface area contributed by atoms with Gasteiger partial charge in [-0.25, -0.2) is 0 Å². The van der Waals surface area contributed by atoms with Crippen molar-refractivity contribution in [3.8, 4) is 5.75 Å². The van der Waals surface area contributed by atoms with Crippen molar-refractivity contribution >= 4 is 17.5 Å². The molecule has 1 aliphatic heterocycles. The van der Waals surface area contributed by atoms with Gasteiger partial charge in [0, 0.05) is 5.88 Å². The molecule has 1 N–H and O–H groups in total. The molecular weight excluding hydrogens is 202 g/mol. The smallest absolute Gasteiger partial charge is 0.255 e. The van der Waals surface area contributed by atoms with Crippen LogP contribution in [0.1, 0.15) is 15.9 Å². The van der Waals surface area contributed by atoms with Gasteiger partial charge in [-0.3, -0.25) is 4.79 Å². The van der Waals surface area contributed by atoms with Crippen LogP contribution in [0.15, 0.2) is 18.2 Å². The Hall–Kier alpha value is -1.22. The highest BCUT2D eigenvalue weighted by Gasteiger charge is 2.15. The third-order valence-electron chi connectivity index (χ3n) is 2.09. The molecule has 14 heavy (non-hydrogen) atoms. The maximum absolute atomic E-state index is 11.5. The predicted molar refractivity (Wildman–Crippen MR) is 53.8 cm³/mol. The summed E-state index contributed by atoms with van der Waals surface area (Å²) in [6.45, 7) is 1.06. The number of nitrogens with one attached hydrogen (secondary N) is 1. The lowest BCUT2D eigenvalue weighted by Crippen LogP contribution is -2.24. The Morgan fingerprint density at radius 1 is 1.50 bits per heavy atom. The molecule has 4 heteroatoms. The Morgan fingerprint density at radius 3 is 3.14 bits per heavy atom. The van der Waals surface area contributed by atoms with Gasteiger partial charge in [-0.05, 0) is 17.7 Å². The van der Waals surface area contributed by atoms with Crippen molar-refractivity contribution in [3.63, 3.8) is 0 Å². The number of hydrogen-bond donors (Lipinski definition) is 1. The summed E-state index contributed by atoms with van der Waals surface area (Å²) in [6, 6.07) is 5.42. The second-order valence-electron chi connectivity index (χ2n) is 3.07. The van der Waals surface area contributed by atoms with Crippen LogP contribution >= 0.6 is 11.6 Å². The van der Waals surface area contributed by atoms with Crippen LogP contribution in [0, 0.1) is 0 Å². The van der Waals surface area contributed by atoms with Crippen LogP contribution < -0.4 is 10.1 Å². The fourth-order valence-electron chi connectivity index (χ4n) is 1.38. The molecule has 0 spiro atoms. The van der Waals surface area contributed by atoms with Crippen molar-refractivity contribution in [2.45, 2.75) is 5.88 Å². The van der Waals surface area contributed by atoms with Crippen LogP contribution in [0.2, 0.25) is 0 Å². The average molecular weight is 212 g/mol. The molecule has 0 atom stereocenters. The maximum atomic E-state index is 11.5. The zero-order chi connectivity index (χ0) is 9.97. The van der Waals surface area contributed by atoms with Crippen molar-refractivity contribution in [1.29, 1.82) is 0 Å². The zero-order valence-electron chi connectivity index (χ0n) is 7.55. The number of carbonyl (C=O) groups excluding carboxylic acids is 1. The number of halogens is 1. The fourth-order valence-corrected chi connectivity index (χ4v) is 1.55. The van der Waals surface area contributed by atoms with E-state index in [1.165, 1.54) is 0 Å². The molecule has 1 heterocycles. The number of benzene rings is 1. The first-order valence-electron chi connectivity index (χ1n) is 4.41. The minimum absolute atomic E-state index is 0.0931. The van der Waals surface area contributed by atoms with E-state index in [0.29, 0.717) is 30.3 Å². The van der Waals surface area contributed by atoms with Crippen LogP contribution in [0.3, 0.4) is 0 Å². The molecule has 1 aromatic rings. The monoisotopic (exact) mass is 211 g/mol. The molecule has 3 nitrogen and oxygen atoms in total. The van der Waals surface area contributed by atoms with Gasteiger partial charge in [0.1, 0.15) is 12.4 Å². The molecule has 0 fully saturated rings. The second kappa shape index (κ2) is 3.88. The van der Waals surface area contributed by atoms with Gasteiger partial charge in [0.05, 0.1) is 12.1 Å². The van der Waals surface area contributed by atoms with Gasteiger partial charge >= 0.3 is 0 Å². The van der Waals surface area contributed by atoms with Crippen molar-refractivity contribution in [2.75, 3.05) is 13.2 Å². The van der Waals surface area contributed by atoms with E-state index in [4.69, 9.17) is 16.3 Å². The van der Waals surface area contributed by atoms with E-state index in [2.05, 4.69) is 5.32 Å². The van der Waals surface area contributed by atoms with E-state index in [0.717, 1.165) is 5.56 Å². The summed E-state index contributed by atoms with van der Waals surface area (Å²) in [7, 11) is 0. The quantitative estimate of drug-likeness (QED) is 0.716. The Labute approximate surface area is 87.0 Å². The number of rotatable bonds is 1. The number of carbonyl (C=O) groups is 1. The van der Waals surface area contributed by atoms with E-state index in [1.54, 1.807) is 12.1 Å². The molecule has 74 valence electrons. The Balaban J connectivity index is 2.44. The van der Waals surface area contributed by atoms with Crippen LogP contribution in [0.5, 0.6) is 5.75 Å². The number of amides is 1. The molecule has 0 bridgehead atoms. The molecule has 2 rings (SSSR count). The van der Waals surface area contributed by atoms with Gasteiger partial charge in [-0.2, -0.15) is 0 Å². The topological polar surface area (TPSA) is 38.3 Å². The highest BCUT2D eigenvalue weighted by atomic mass is 35.5. The lowest BCUT2D eigenvalue weighted by Gasteiger charge is -2.05. The van der Waals surface area contributed by atoms with Crippen molar-refractivity contribution in [2.24, 2.45) is 0 Å². The Bertz CT molecular complexity index is 365. The normalized spacial score (nSPS) is 15.1. The molecule has 1 amide bonds. The molecule has 0 aliphatic carbocycles. The first kappa shape index (κ1) is 9.34. The van der Waals surface area contributed by atoms with E-state index in [9.17, 15) is 4.79 Å². The van der Waals surface area contributed by atoms with Gasteiger partial charge in [-0.15, -0.1) is 11.6 Å². The largest absolute Gasteiger partial charge is 0.491 e. The van der Waals surface area contributed by atoms with Gasteiger partial charge in [0.25, 0.3) is 5.91 Å². The summed E-state index contributed by atoms with van der Waals surface area (Å²) in [6.07, 6.45) is 0. The molecule has 1 aromatic carbocycles. The van der Waals surface area contributed by atoms with Crippen LogP contribution in [-0.4, -0.2) is 19.1 Å². The van der Waals surface area contributed by atoms with Crippen LogP contribution in [-0.2, 0) is 5.88 Å². The molecule has 0 saturated carbocycles. The summed E-state index contributed by atoms with van der Waals surface area (Å²) in [5, 5.41) is 2.74. The summed E-state index contributed by atoms with van der Waals surface area (Å²) in [5.41, 5.74) is 1.49. The van der Waals surface area contributed by atoms with Gasteiger partial charge in [0.2, 0.25) is 0 Å². The van der Waals surface area contributed by atoms with Gasteiger partial charge in [0.15, 0.2) is 0 Å². The van der Waals surface area contributed by atoms with Gasteiger partial charge < -0.3 is 10.1 Å². The average Bonchev–Trinajstić information content (AvgIpc) is 2.40. The molecule has 1 aliphatic rings. The molecule has 0 saturated heterocycles. The summed E-state index contributed by atoms with van der Waals surface area (Å²) in [5.74, 6) is 0.943. The van der Waals surface area contributed by atoms with Crippen molar-refractivity contribution < 1.29 is 9.53 Å². The maximum Gasteiger partial charge on any atom is 0.255 e. The minimum atomic E-state index is -0.0931. The summed E-state index contributed by atoms with van der Waals surface area (Å²) >= 11 is 5.69. The van der Waals surface area contributed by atoms with E-state index < -0.39 is 0 Å². The van der Waals surface area contributed by atoms with Crippen LogP contribution in [0.4, 0.5) is 0 Å². The van der Waals surface area contributed by atoms with Crippen molar-refractivity contribution in [3.05, 3.63) is 29.3 Å². The zero-order valence-corrected chi connectivity index (χ0v) is 8.30. The fraction of sp³-hybridized carbons (Fsp3) is 0.300. The Morgan fingerprint density at radius 2 is 2.36 bits per heavy atom. The highest BCUT2D eigenvalue weighted by Crippen LogP contribution is 2.22. The number of ether oxygens (including phenoxy) is 1. The third-order valence-corrected chi connectivity index (χ3v) is 2.40. The lowest BCUT2D eigenvalue weighted by molar-refractivity contribution is 0.0957. The first-order valence-corrected chi connectivity index (χ1v) is 4.94. The number of alkyl halides is 1. The third kappa shape index (κ3) is 1.68. The SMILES string of the molecule is O=C1NCCOc2ccc(CCl)cc21. The summed E-state index contributed by atoms with van der Waals surface area (Å²) < 4.78 is 5.39. The van der Waals surface area contributed by atoms with Crippen molar-refractivity contribution in [1.82, 2.24) is 5.32 Å². The first-order chi connectivity index (χ1) is 6.81. The van der Waals surface area contributed by atoms with E-state index >= 15 is 0 Å². The molecular formula is C10H10ClNO2. The number of fused-ring (bicyclic) bond motifs is 1. The van der Waals surface area contributed by atoms with E-state index in [-0.39, 0.29) is 5.91 Å². The second-order valence-corrected chi connectivity index (χ2v) is 3.34. The molecule has 0 unspecified atom stereocenters. The molecule has 0 aromatic heterocycles. The van der Waals surface area contributed by atoms with Crippen LogP contribution in [0.25, 0.3) is 0 Å². The Kier molecular flexibility index (Phi) is 2.59. The van der Waals surface area contributed by atoms with Gasteiger partial charge in [-0.1, -0.05) is 6.07 Å². The summed E-state index contributed by atoms with van der Waals surface area (Å²) in [4.78, 5) is 11.5. The minimum Gasteiger partial charge on any atom is -0.491 e. The lowest BCUT2D eigenvalue weighted by atomic mass is 10.1.